The van der Waals surface area contributed by atoms with Crippen LogP contribution in [0.5, 0.6) is 0 Å². The van der Waals surface area contributed by atoms with Gasteiger partial charge in [-0.05, 0) is 35.3 Å². The second-order valence-electron chi connectivity index (χ2n) is 6.52. The van der Waals surface area contributed by atoms with Crippen LogP contribution in [0.2, 0.25) is 0 Å². The topological polar surface area (TPSA) is 32.3 Å². The molecule has 1 aliphatic rings. The smallest absolute Gasteiger partial charge is 0.0681 e. The molecule has 0 spiro atoms. The highest BCUT2D eigenvalue weighted by Gasteiger charge is 2.36. The second kappa shape index (κ2) is 5.41. The highest BCUT2D eigenvalue weighted by Crippen LogP contribution is 2.40. The third-order valence-corrected chi connectivity index (χ3v) is 4.08. The summed E-state index contributed by atoms with van der Waals surface area (Å²) in [6.07, 6.45) is 2.56. The maximum Gasteiger partial charge on any atom is 0.0681 e. The van der Waals surface area contributed by atoms with E-state index < -0.39 is 0 Å². The Morgan fingerprint density at radius 3 is 2.61 bits per heavy atom. The molecule has 100 valence electrons. The largest absolute Gasteiger partial charge is 0.392 e. The molecule has 1 aromatic rings. The Morgan fingerprint density at radius 2 is 2.00 bits per heavy atom. The van der Waals surface area contributed by atoms with Gasteiger partial charge < -0.3 is 10.4 Å². The third kappa shape index (κ3) is 3.33. The fourth-order valence-electron chi connectivity index (χ4n) is 3.25. The van der Waals surface area contributed by atoms with E-state index in [-0.39, 0.29) is 6.61 Å². The van der Waals surface area contributed by atoms with E-state index in [1.54, 1.807) is 0 Å². The molecule has 0 amide bonds. The predicted molar refractivity (Wildman–Crippen MR) is 75.2 cm³/mol. The minimum Gasteiger partial charge on any atom is -0.392 e. The first-order valence-electron chi connectivity index (χ1n) is 6.92. The molecule has 1 aliphatic carbocycles. The lowest BCUT2D eigenvalue weighted by atomic mass is 9.91. The van der Waals surface area contributed by atoms with Gasteiger partial charge in [-0.15, -0.1) is 0 Å². The van der Waals surface area contributed by atoms with E-state index in [2.05, 4.69) is 38.2 Å². The predicted octanol–water partition coefficient (Wildman–Crippen LogP) is 3.09. The molecule has 1 fully saturated rings. The normalized spacial score (nSPS) is 26.4. The average Bonchev–Trinajstić information content (AvgIpc) is 2.60. The molecule has 0 heterocycles. The molecule has 0 aliphatic heterocycles. The van der Waals surface area contributed by atoms with Crippen LogP contribution in [0, 0.1) is 11.3 Å². The zero-order valence-electron chi connectivity index (χ0n) is 11.7. The van der Waals surface area contributed by atoms with Gasteiger partial charge in [-0.25, -0.2) is 0 Å². The maximum atomic E-state index is 9.13. The minimum atomic E-state index is 0.126. The second-order valence-corrected chi connectivity index (χ2v) is 6.52. The molecule has 18 heavy (non-hydrogen) atoms. The summed E-state index contributed by atoms with van der Waals surface area (Å²) >= 11 is 0. The molecule has 2 atom stereocenters. The van der Waals surface area contributed by atoms with E-state index in [4.69, 9.17) is 5.11 Å². The SMILES string of the molecule is CC1CC(C)(C)CC1NCc1cccc(CO)c1. The van der Waals surface area contributed by atoms with Crippen molar-refractivity contribution in [3.63, 3.8) is 0 Å². The quantitative estimate of drug-likeness (QED) is 0.857. The lowest BCUT2D eigenvalue weighted by molar-refractivity contribution is 0.281. The summed E-state index contributed by atoms with van der Waals surface area (Å²) in [7, 11) is 0. The molecule has 0 aromatic heterocycles. The number of benzene rings is 1. The number of hydrogen-bond acceptors (Lipinski definition) is 2. The van der Waals surface area contributed by atoms with Gasteiger partial charge in [0.1, 0.15) is 0 Å². The molecule has 2 N–H and O–H groups in total. The summed E-state index contributed by atoms with van der Waals surface area (Å²) < 4.78 is 0. The highest BCUT2D eigenvalue weighted by atomic mass is 16.3. The fourth-order valence-corrected chi connectivity index (χ4v) is 3.25. The van der Waals surface area contributed by atoms with Crippen molar-refractivity contribution in [1.82, 2.24) is 5.32 Å². The molecule has 2 unspecified atom stereocenters. The molecule has 2 nitrogen and oxygen atoms in total. The van der Waals surface area contributed by atoms with Crippen LogP contribution in [0.15, 0.2) is 24.3 Å². The Morgan fingerprint density at radius 1 is 1.28 bits per heavy atom. The first-order valence-corrected chi connectivity index (χ1v) is 6.92. The van der Waals surface area contributed by atoms with Gasteiger partial charge in [0.25, 0.3) is 0 Å². The Balaban J connectivity index is 1.91. The summed E-state index contributed by atoms with van der Waals surface area (Å²) in [4.78, 5) is 0. The van der Waals surface area contributed by atoms with Crippen molar-refractivity contribution in [1.29, 1.82) is 0 Å². The molecule has 1 aromatic carbocycles. The Labute approximate surface area is 110 Å². The van der Waals surface area contributed by atoms with E-state index in [1.807, 2.05) is 12.1 Å². The summed E-state index contributed by atoms with van der Waals surface area (Å²) in [5, 5.41) is 12.8. The first kappa shape index (κ1) is 13.6. The van der Waals surface area contributed by atoms with E-state index in [0.717, 1.165) is 18.0 Å². The molecular formula is C16H25NO. The summed E-state index contributed by atoms with van der Waals surface area (Å²) in [5.74, 6) is 0.751. The first-order chi connectivity index (χ1) is 8.50. The number of rotatable bonds is 4. The van der Waals surface area contributed by atoms with E-state index in [1.165, 1.54) is 18.4 Å². The standard InChI is InChI=1S/C16H25NO/c1-12-8-16(2,3)9-15(12)17-10-13-5-4-6-14(7-13)11-18/h4-7,12,15,17-18H,8-11H2,1-3H3. The number of hydrogen-bond donors (Lipinski definition) is 2. The van der Waals surface area contributed by atoms with Crippen LogP contribution in [-0.4, -0.2) is 11.1 Å². The number of aliphatic hydroxyl groups is 1. The van der Waals surface area contributed by atoms with Crippen molar-refractivity contribution < 1.29 is 5.11 Å². The van der Waals surface area contributed by atoms with E-state index >= 15 is 0 Å². The maximum absolute atomic E-state index is 9.13. The molecule has 1 saturated carbocycles. The van der Waals surface area contributed by atoms with Gasteiger partial charge in [0, 0.05) is 12.6 Å². The molecule has 2 rings (SSSR count). The molecule has 0 bridgehead atoms. The van der Waals surface area contributed by atoms with Crippen molar-refractivity contribution in [3.8, 4) is 0 Å². The number of nitrogens with one attached hydrogen (secondary N) is 1. The van der Waals surface area contributed by atoms with Crippen LogP contribution in [-0.2, 0) is 13.2 Å². The van der Waals surface area contributed by atoms with Gasteiger partial charge in [-0.3, -0.25) is 0 Å². The van der Waals surface area contributed by atoms with Gasteiger partial charge in [0.15, 0.2) is 0 Å². The lowest BCUT2D eigenvalue weighted by Gasteiger charge is -2.18. The Bertz CT molecular complexity index is 400. The van der Waals surface area contributed by atoms with Crippen molar-refractivity contribution >= 4 is 0 Å². The van der Waals surface area contributed by atoms with E-state index in [0.29, 0.717) is 11.5 Å². The monoisotopic (exact) mass is 247 g/mol. The van der Waals surface area contributed by atoms with Crippen molar-refractivity contribution in [3.05, 3.63) is 35.4 Å². The van der Waals surface area contributed by atoms with Crippen LogP contribution in [0.25, 0.3) is 0 Å². The lowest BCUT2D eigenvalue weighted by Crippen LogP contribution is -2.31. The Hall–Kier alpha value is -0.860. The zero-order valence-corrected chi connectivity index (χ0v) is 11.7. The fraction of sp³-hybridized carbons (Fsp3) is 0.625. The van der Waals surface area contributed by atoms with Crippen LogP contribution in [0.4, 0.5) is 0 Å². The van der Waals surface area contributed by atoms with Crippen LogP contribution in [0.3, 0.4) is 0 Å². The average molecular weight is 247 g/mol. The van der Waals surface area contributed by atoms with Crippen molar-refractivity contribution in [2.24, 2.45) is 11.3 Å². The van der Waals surface area contributed by atoms with Crippen LogP contribution >= 0.6 is 0 Å². The van der Waals surface area contributed by atoms with Crippen molar-refractivity contribution in [2.75, 3.05) is 0 Å². The third-order valence-electron chi connectivity index (χ3n) is 4.08. The van der Waals surface area contributed by atoms with Gasteiger partial charge in [0.05, 0.1) is 6.61 Å². The molecular weight excluding hydrogens is 222 g/mol. The molecule has 0 saturated heterocycles. The molecule has 0 radical (unpaired) electrons. The van der Waals surface area contributed by atoms with Crippen LogP contribution in [0.1, 0.15) is 44.7 Å². The highest BCUT2D eigenvalue weighted by molar-refractivity contribution is 5.22. The van der Waals surface area contributed by atoms with Gasteiger partial charge in [0.2, 0.25) is 0 Å². The minimum absolute atomic E-state index is 0.126. The summed E-state index contributed by atoms with van der Waals surface area (Å²) in [6, 6.07) is 8.81. The Kier molecular flexibility index (Phi) is 4.08. The molecule has 2 heteroatoms. The number of aliphatic hydroxyl groups excluding tert-OH is 1. The van der Waals surface area contributed by atoms with Gasteiger partial charge >= 0.3 is 0 Å². The summed E-state index contributed by atoms with van der Waals surface area (Å²) in [6.45, 7) is 8.09. The van der Waals surface area contributed by atoms with E-state index in [9.17, 15) is 0 Å². The van der Waals surface area contributed by atoms with Crippen LogP contribution < -0.4 is 5.32 Å². The van der Waals surface area contributed by atoms with Gasteiger partial charge in [-0.2, -0.15) is 0 Å². The summed E-state index contributed by atoms with van der Waals surface area (Å²) in [5.41, 5.74) is 2.73. The zero-order chi connectivity index (χ0) is 13.2. The van der Waals surface area contributed by atoms with Crippen molar-refractivity contribution in [2.45, 2.75) is 52.8 Å². The van der Waals surface area contributed by atoms with Gasteiger partial charge in [-0.1, -0.05) is 45.0 Å².